The number of carbonyl (C=O) groups excluding carboxylic acids is 1. The number of nitrogens with two attached hydrogens (primary N) is 1. The van der Waals surface area contributed by atoms with Crippen LogP contribution < -0.4 is 5.73 Å². The van der Waals surface area contributed by atoms with Gasteiger partial charge in [-0.3, -0.25) is 4.79 Å². The molecule has 3 nitrogen and oxygen atoms in total. The monoisotopic (exact) mass is 433 g/mol. The van der Waals surface area contributed by atoms with Gasteiger partial charge in [0.15, 0.2) is 0 Å². The lowest BCUT2D eigenvalue weighted by Gasteiger charge is -2.25. The van der Waals surface area contributed by atoms with E-state index in [9.17, 15) is 4.79 Å². The van der Waals surface area contributed by atoms with Gasteiger partial charge in [0.05, 0.1) is 12.5 Å². The van der Waals surface area contributed by atoms with Crippen molar-refractivity contribution >= 4 is 33.7 Å². The van der Waals surface area contributed by atoms with E-state index in [0.717, 1.165) is 27.7 Å². The summed E-state index contributed by atoms with van der Waals surface area (Å²) in [6.07, 6.45) is 2.51. The van der Waals surface area contributed by atoms with E-state index in [4.69, 9.17) is 10.5 Å². The molecule has 0 bridgehead atoms. The van der Waals surface area contributed by atoms with Crippen LogP contribution in [0.15, 0.2) is 53.5 Å². The first-order chi connectivity index (χ1) is 12.8. The second-order valence-corrected chi connectivity index (χ2v) is 6.88. The number of rotatable bonds is 4. The fourth-order valence-electron chi connectivity index (χ4n) is 2.49. The van der Waals surface area contributed by atoms with Gasteiger partial charge < -0.3 is 10.5 Å². The summed E-state index contributed by atoms with van der Waals surface area (Å²) in [5.74, 6) is -0.188. The van der Waals surface area contributed by atoms with Crippen LogP contribution in [0.2, 0.25) is 0 Å². The molecule has 27 heavy (non-hydrogen) atoms. The predicted octanol–water partition coefficient (Wildman–Crippen LogP) is 6.54. The Balaban J connectivity index is 0.000000488. The highest BCUT2D eigenvalue weighted by Gasteiger charge is 2.34. The minimum Gasteiger partial charge on any atom is -0.468 e. The average molecular weight is 434 g/mol. The largest absolute Gasteiger partial charge is 0.468 e. The van der Waals surface area contributed by atoms with E-state index in [-0.39, 0.29) is 5.97 Å². The highest BCUT2D eigenvalue weighted by Crippen LogP contribution is 2.29. The molecule has 0 aliphatic heterocycles. The van der Waals surface area contributed by atoms with Crippen LogP contribution >= 0.6 is 15.9 Å². The molecule has 2 aromatic carbocycles. The molecule has 148 valence electrons. The van der Waals surface area contributed by atoms with Crippen LogP contribution in [0.1, 0.15) is 50.8 Å². The van der Waals surface area contributed by atoms with Crippen LogP contribution in [-0.4, -0.2) is 13.1 Å². The number of halogens is 1. The van der Waals surface area contributed by atoms with Crippen molar-refractivity contribution in [3.8, 4) is 0 Å². The Kier molecular flexibility index (Phi) is 11.4. The smallest absolute Gasteiger partial charge is 0.315 e. The van der Waals surface area contributed by atoms with E-state index in [2.05, 4.69) is 22.5 Å². The van der Waals surface area contributed by atoms with Gasteiger partial charge in [-0.25, -0.2) is 0 Å². The molecule has 0 saturated carbocycles. The summed E-state index contributed by atoms with van der Waals surface area (Å²) >= 11 is 3.37. The summed E-state index contributed by atoms with van der Waals surface area (Å²) in [6.45, 7) is 13.6. The number of hydrogen-bond donors (Lipinski definition) is 1. The second-order valence-electron chi connectivity index (χ2n) is 5.97. The summed E-state index contributed by atoms with van der Waals surface area (Å²) in [7, 11) is 1.43. The Labute approximate surface area is 172 Å². The Hall–Kier alpha value is -2.07. The third-order valence-electron chi connectivity index (χ3n) is 4.39. The van der Waals surface area contributed by atoms with E-state index in [1.54, 1.807) is 6.08 Å². The topological polar surface area (TPSA) is 52.3 Å². The van der Waals surface area contributed by atoms with Crippen LogP contribution in [-0.2, 0) is 14.9 Å². The molecular weight excluding hydrogens is 402 g/mol. The molecule has 0 spiro atoms. The molecule has 0 saturated heterocycles. The maximum absolute atomic E-state index is 11.7. The molecule has 0 fully saturated rings. The molecule has 0 amide bonds. The van der Waals surface area contributed by atoms with Gasteiger partial charge in [0, 0.05) is 10.2 Å². The highest BCUT2D eigenvalue weighted by molar-refractivity contribution is 9.10. The first kappa shape index (κ1) is 24.9. The van der Waals surface area contributed by atoms with E-state index >= 15 is 0 Å². The number of nitrogen functional groups attached to an aromatic ring is 1. The molecule has 0 aliphatic carbocycles. The Morgan fingerprint density at radius 2 is 1.78 bits per heavy atom. The molecule has 0 heterocycles. The Morgan fingerprint density at radius 3 is 2.15 bits per heavy atom. The van der Waals surface area contributed by atoms with Crippen LogP contribution in [0.3, 0.4) is 0 Å². The van der Waals surface area contributed by atoms with E-state index in [1.165, 1.54) is 12.7 Å². The van der Waals surface area contributed by atoms with Gasteiger partial charge in [0.1, 0.15) is 0 Å². The lowest BCUT2D eigenvalue weighted by molar-refractivity contribution is -0.147. The van der Waals surface area contributed by atoms with Crippen molar-refractivity contribution < 1.29 is 9.53 Å². The molecule has 1 atom stereocenters. The zero-order valence-corrected chi connectivity index (χ0v) is 18.9. The van der Waals surface area contributed by atoms with Crippen molar-refractivity contribution in [3.05, 3.63) is 70.2 Å². The fourth-order valence-corrected chi connectivity index (χ4v) is 2.76. The van der Waals surface area contributed by atoms with Crippen LogP contribution in [0.4, 0.5) is 5.69 Å². The summed E-state index contributed by atoms with van der Waals surface area (Å²) in [5.41, 5.74) is 9.12. The van der Waals surface area contributed by atoms with Gasteiger partial charge in [-0.15, -0.1) is 0 Å². The van der Waals surface area contributed by atoms with Crippen molar-refractivity contribution in [2.24, 2.45) is 0 Å². The van der Waals surface area contributed by atoms with Crippen molar-refractivity contribution in [2.75, 3.05) is 12.8 Å². The Bertz CT molecular complexity index is 705. The maximum atomic E-state index is 11.7. The third kappa shape index (κ3) is 6.87. The van der Waals surface area contributed by atoms with Crippen molar-refractivity contribution in [1.29, 1.82) is 0 Å². The minimum atomic E-state index is -0.546. The standard InChI is InChI=1S/C12H15BrO2.C9H11N.C2H6/c1-4-12(2,11(14)15-3)9-5-7-10(13)8-6-9;1-3-8-7(2)5-4-6-9(8)10;1-2/h5-8H,4H2,1-3H3;3-6H,1,10H2,2H3;1-2H3. The third-order valence-corrected chi connectivity index (χ3v) is 4.92. The van der Waals surface area contributed by atoms with E-state index in [1.807, 2.05) is 77.1 Å². The molecule has 0 aromatic heterocycles. The fraction of sp³-hybridized carbons (Fsp3) is 0.348. The lowest BCUT2D eigenvalue weighted by atomic mass is 9.80. The zero-order chi connectivity index (χ0) is 21.0. The van der Waals surface area contributed by atoms with Gasteiger partial charge in [-0.1, -0.05) is 73.6 Å². The zero-order valence-electron chi connectivity index (χ0n) is 17.3. The molecule has 2 N–H and O–H groups in total. The van der Waals surface area contributed by atoms with Gasteiger partial charge in [0.2, 0.25) is 0 Å². The van der Waals surface area contributed by atoms with Gasteiger partial charge in [-0.2, -0.15) is 0 Å². The number of ether oxygens (including phenoxy) is 1. The number of methoxy groups -OCH3 is 1. The van der Waals surface area contributed by atoms with Crippen molar-refractivity contribution in [2.45, 2.75) is 46.5 Å². The summed E-state index contributed by atoms with van der Waals surface area (Å²) in [4.78, 5) is 11.7. The first-order valence-corrected chi connectivity index (χ1v) is 9.91. The number of benzene rings is 2. The summed E-state index contributed by atoms with van der Waals surface area (Å²) in [5, 5.41) is 0. The van der Waals surface area contributed by atoms with E-state index in [0.29, 0.717) is 0 Å². The summed E-state index contributed by atoms with van der Waals surface area (Å²) < 4.78 is 5.85. The molecular formula is C23H32BrNO2. The number of aryl methyl sites for hydroxylation is 1. The summed E-state index contributed by atoms with van der Waals surface area (Å²) in [6, 6.07) is 13.6. The average Bonchev–Trinajstić information content (AvgIpc) is 2.69. The van der Waals surface area contributed by atoms with Gasteiger partial charge in [0.25, 0.3) is 0 Å². The van der Waals surface area contributed by atoms with Crippen LogP contribution in [0.25, 0.3) is 6.08 Å². The van der Waals surface area contributed by atoms with Gasteiger partial charge in [-0.05, 0) is 55.2 Å². The highest BCUT2D eigenvalue weighted by atomic mass is 79.9. The molecule has 4 heteroatoms. The quantitative estimate of drug-likeness (QED) is 0.439. The molecule has 0 radical (unpaired) electrons. The molecule has 0 aliphatic rings. The number of esters is 1. The predicted molar refractivity (Wildman–Crippen MR) is 121 cm³/mol. The first-order valence-electron chi connectivity index (χ1n) is 9.12. The Morgan fingerprint density at radius 1 is 1.22 bits per heavy atom. The maximum Gasteiger partial charge on any atom is 0.315 e. The molecule has 2 rings (SSSR count). The van der Waals surface area contributed by atoms with Crippen molar-refractivity contribution in [3.63, 3.8) is 0 Å². The number of hydrogen-bond acceptors (Lipinski definition) is 3. The molecule has 2 aromatic rings. The second kappa shape index (κ2) is 12.3. The SMILES string of the molecule is C=Cc1c(C)cccc1N.CC.CCC(C)(C(=O)OC)c1ccc(Br)cc1. The molecule has 1 unspecified atom stereocenters. The van der Waals surface area contributed by atoms with Crippen LogP contribution in [0.5, 0.6) is 0 Å². The van der Waals surface area contributed by atoms with Gasteiger partial charge >= 0.3 is 5.97 Å². The number of anilines is 1. The van der Waals surface area contributed by atoms with E-state index < -0.39 is 5.41 Å². The van der Waals surface area contributed by atoms with Crippen LogP contribution in [0, 0.1) is 6.92 Å². The number of carbonyl (C=O) groups is 1. The van der Waals surface area contributed by atoms with Crippen molar-refractivity contribution in [1.82, 2.24) is 0 Å². The minimum absolute atomic E-state index is 0.188. The lowest BCUT2D eigenvalue weighted by Crippen LogP contribution is -2.32. The normalized spacial score (nSPS) is 11.7.